The zero-order valence-corrected chi connectivity index (χ0v) is 8.85. The molecule has 0 radical (unpaired) electrons. The van der Waals surface area contributed by atoms with Gasteiger partial charge in [0, 0.05) is 0 Å². The molecule has 0 fully saturated rings. The van der Waals surface area contributed by atoms with Crippen LogP contribution < -0.4 is 0 Å². The lowest BCUT2D eigenvalue weighted by atomic mass is 9.97. The molecule has 0 saturated carbocycles. The fraction of sp³-hybridized carbons (Fsp3) is 0.400. The average Bonchev–Trinajstić information content (AvgIpc) is 2.52. The number of nitrogens with zero attached hydrogens (tertiary/aromatic N) is 2. The predicted octanol–water partition coefficient (Wildman–Crippen LogP) is 3.12. The zero-order chi connectivity index (χ0) is 9.42. The topological polar surface area (TPSA) is 25.8 Å². The summed E-state index contributed by atoms with van der Waals surface area (Å²) < 4.78 is 8.50. The molecule has 0 unspecified atom stereocenters. The summed E-state index contributed by atoms with van der Waals surface area (Å²) in [5.41, 5.74) is 4.74. The number of aryl methyl sites for hydroxylation is 1. The SMILES string of the molecule is Cc1c(C(C)C)ccc2nsnc12. The normalized spacial score (nSPS) is 11.4. The molecule has 3 heteroatoms. The molecule has 0 atom stereocenters. The molecule has 1 aromatic heterocycles. The lowest BCUT2D eigenvalue weighted by molar-refractivity contribution is 0.859. The first-order chi connectivity index (χ1) is 6.20. The Morgan fingerprint density at radius 3 is 2.69 bits per heavy atom. The van der Waals surface area contributed by atoms with Gasteiger partial charge in [0.25, 0.3) is 0 Å². The second-order valence-electron chi connectivity index (χ2n) is 3.57. The molecule has 0 N–H and O–H groups in total. The summed E-state index contributed by atoms with van der Waals surface area (Å²) >= 11 is 1.29. The first-order valence-corrected chi connectivity index (χ1v) is 5.15. The molecule has 1 heterocycles. The number of benzene rings is 1. The van der Waals surface area contributed by atoms with Gasteiger partial charge in [-0.15, -0.1) is 0 Å². The molecule has 13 heavy (non-hydrogen) atoms. The second-order valence-corrected chi connectivity index (χ2v) is 4.09. The zero-order valence-electron chi connectivity index (χ0n) is 8.03. The Hall–Kier alpha value is -0.960. The highest BCUT2D eigenvalue weighted by Crippen LogP contribution is 2.25. The van der Waals surface area contributed by atoms with E-state index < -0.39 is 0 Å². The van der Waals surface area contributed by atoms with E-state index in [1.807, 2.05) is 0 Å². The van der Waals surface area contributed by atoms with Crippen molar-refractivity contribution < 1.29 is 0 Å². The molecular formula is C10H12N2S. The van der Waals surface area contributed by atoms with Crippen molar-refractivity contribution in [3.63, 3.8) is 0 Å². The summed E-state index contributed by atoms with van der Waals surface area (Å²) in [5.74, 6) is 0.561. The molecule has 68 valence electrons. The third kappa shape index (κ3) is 1.33. The highest BCUT2D eigenvalue weighted by Gasteiger charge is 2.08. The Labute approximate surface area is 81.9 Å². The maximum absolute atomic E-state index is 4.29. The number of fused-ring (bicyclic) bond motifs is 1. The first-order valence-electron chi connectivity index (χ1n) is 4.42. The molecule has 0 amide bonds. The Balaban J connectivity index is 2.73. The molecule has 0 aliphatic rings. The molecule has 2 aromatic rings. The van der Waals surface area contributed by atoms with Crippen LogP contribution in [0, 0.1) is 6.92 Å². The van der Waals surface area contributed by atoms with Crippen molar-refractivity contribution in [3.8, 4) is 0 Å². The van der Waals surface area contributed by atoms with E-state index in [4.69, 9.17) is 0 Å². The van der Waals surface area contributed by atoms with Crippen LogP contribution in [-0.4, -0.2) is 8.75 Å². The number of aromatic nitrogens is 2. The van der Waals surface area contributed by atoms with Gasteiger partial charge >= 0.3 is 0 Å². The van der Waals surface area contributed by atoms with Crippen LogP contribution in [-0.2, 0) is 0 Å². The van der Waals surface area contributed by atoms with Crippen LogP contribution in [0.3, 0.4) is 0 Å². The van der Waals surface area contributed by atoms with Crippen molar-refractivity contribution in [1.82, 2.24) is 8.75 Å². The summed E-state index contributed by atoms with van der Waals surface area (Å²) in [5, 5.41) is 0. The monoisotopic (exact) mass is 192 g/mol. The van der Waals surface area contributed by atoms with Crippen molar-refractivity contribution in [2.24, 2.45) is 0 Å². The maximum Gasteiger partial charge on any atom is 0.107 e. The van der Waals surface area contributed by atoms with Gasteiger partial charge < -0.3 is 0 Å². The summed E-state index contributed by atoms with van der Waals surface area (Å²) in [6.45, 7) is 6.53. The minimum Gasteiger partial charge on any atom is -0.173 e. The van der Waals surface area contributed by atoms with E-state index in [1.54, 1.807) is 0 Å². The smallest absolute Gasteiger partial charge is 0.107 e. The Morgan fingerprint density at radius 2 is 2.00 bits per heavy atom. The van der Waals surface area contributed by atoms with Gasteiger partial charge in [-0.1, -0.05) is 19.9 Å². The molecule has 0 bridgehead atoms. The van der Waals surface area contributed by atoms with Crippen LogP contribution in [0.1, 0.15) is 30.9 Å². The maximum atomic E-state index is 4.29. The van der Waals surface area contributed by atoms with E-state index in [9.17, 15) is 0 Å². The predicted molar refractivity (Wildman–Crippen MR) is 56.2 cm³/mol. The fourth-order valence-corrected chi connectivity index (χ4v) is 2.21. The lowest BCUT2D eigenvalue weighted by Crippen LogP contribution is -1.92. The standard InChI is InChI=1S/C10H12N2S/c1-6(2)8-4-5-9-10(7(8)3)12-13-11-9/h4-6H,1-3H3. The molecule has 2 rings (SSSR count). The summed E-state index contributed by atoms with van der Waals surface area (Å²) in [6, 6.07) is 4.21. The van der Waals surface area contributed by atoms with Gasteiger partial charge in [-0.05, 0) is 30.0 Å². The molecular weight excluding hydrogens is 180 g/mol. The Bertz CT molecular complexity index is 431. The van der Waals surface area contributed by atoms with Crippen molar-refractivity contribution in [1.29, 1.82) is 0 Å². The summed E-state index contributed by atoms with van der Waals surface area (Å²) in [7, 11) is 0. The number of rotatable bonds is 1. The van der Waals surface area contributed by atoms with Crippen molar-refractivity contribution in [3.05, 3.63) is 23.3 Å². The van der Waals surface area contributed by atoms with Gasteiger partial charge in [0.2, 0.25) is 0 Å². The number of hydrogen-bond donors (Lipinski definition) is 0. The van der Waals surface area contributed by atoms with Crippen molar-refractivity contribution in [2.45, 2.75) is 26.7 Å². The van der Waals surface area contributed by atoms with Crippen LogP contribution in [0.2, 0.25) is 0 Å². The van der Waals surface area contributed by atoms with Gasteiger partial charge in [-0.2, -0.15) is 8.75 Å². The van der Waals surface area contributed by atoms with Crippen LogP contribution in [0.15, 0.2) is 12.1 Å². The average molecular weight is 192 g/mol. The highest BCUT2D eigenvalue weighted by molar-refractivity contribution is 7.00. The van der Waals surface area contributed by atoms with E-state index in [0.29, 0.717) is 5.92 Å². The van der Waals surface area contributed by atoms with Gasteiger partial charge in [0.05, 0.1) is 11.7 Å². The molecule has 0 saturated heterocycles. The third-order valence-electron chi connectivity index (χ3n) is 2.34. The van der Waals surface area contributed by atoms with E-state index in [1.165, 1.54) is 22.9 Å². The van der Waals surface area contributed by atoms with E-state index in [0.717, 1.165) is 11.0 Å². The highest BCUT2D eigenvalue weighted by atomic mass is 32.1. The molecule has 2 nitrogen and oxygen atoms in total. The summed E-state index contributed by atoms with van der Waals surface area (Å²) in [6.07, 6.45) is 0. The van der Waals surface area contributed by atoms with Gasteiger partial charge in [-0.3, -0.25) is 0 Å². The van der Waals surface area contributed by atoms with Crippen LogP contribution in [0.5, 0.6) is 0 Å². The van der Waals surface area contributed by atoms with Crippen LogP contribution in [0.4, 0.5) is 0 Å². The fourth-order valence-electron chi connectivity index (χ4n) is 1.62. The largest absolute Gasteiger partial charge is 0.173 e. The molecule has 0 aliphatic carbocycles. The van der Waals surface area contributed by atoms with Gasteiger partial charge in [0.1, 0.15) is 11.0 Å². The Morgan fingerprint density at radius 1 is 1.23 bits per heavy atom. The van der Waals surface area contributed by atoms with Gasteiger partial charge in [-0.25, -0.2) is 0 Å². The minimum absolute atomic E-state index is 0.561. The minimum atomic E-state index is 0.561. The van der Waals surface area contributed by atoms with Crippen molar-refractivity contribution in [2.75, 3.05) is 0 Å². The molecule has 1 aromatic carbocycles. The first kappa shape index (κ1) is 8.63. The van der Waals surface area contributed by atoms with Gasteiger partial charge in [0.15, 0.2) is 0 Å². The van der Waals surface area contributed by atoms with E-state index >= 15 is 0 Å². The second kappa shape index (κ2) is 3.07. The molecule has 0 aliphatic heterocycles. The van der Waals surface area contributed by atoms with Crippen molar-refractivity contribution >= 4 is 22.8 Å². The van der Waals surface area contributed by atoms with E-state index in [2.05, 4.69) is 41.7 Å². The van der Waals surface area contributed by atoms with Crippen LogP contribution >= 0.6 is 11.7 Å². The quantitative estimate of drug-likeness (QED) is 0.693. The summed E-state index contributed by atoms with van der Waals surface area (Å²) in [4.78, 5) is 0. The number of hydrogen-bond acceptors (Lipinski definition) is 3. The van der Waals surface area contributed by atoms with E-state index in [-0.39, 0.29) is 0 Å². The Kier molecular flexibility index (Phi) is 2.04. The van der Waals surface area contributed by atoms with Crippen LogP contribution in [0.25, 0.3) is 11.0 Å². The third-order valence-corrected chi connectivity index (χ3v) is 2.89. The lowest BCUT2D eigenvalue weighted by Gasteiger charge is -2.08. The molecule has 0 spiro atoms.